The molecule has 0 unspecified atom stereocenters. The summed E-state index contributed by atoms with van der Waals surface area (Å²) in [6, 6.07) is 11.5. The second kappa shape index (κ2) is 5.92. The van der Waals surface area contributed by atoms with E-state index in [2.05, 4.69) is 4.57 Å². The van der Waals surface area contributed by atoms with Crippen LogP contribution in [-0.2, 0) is 7.05 Å². The topological polar surface area (TPSA) is 60.7 Å². The molecule has 0 saturated carbocycles. The number of hydrogen-bond acceptors (Lipinski definition) is 3. The van der Waals surface area contributed by atoms with Crippen molar-refractivity contribution in [3.8, 4) is 22.6 Å². The number of aromatic nitrogens is 1. The van der Waals surface area contributed by atoms with Gasteiger partial charge in [-0.15, -0.1) is 0 Å². The fourth-order valence-electron chi connectivity index (χ4n) is 3.15. The van der Waals surface area contributed by atoms with Gasteiger partial charge >= 0.3 is 5.97 Å². The first-order chi connectivity index (χ1) is 11.5. The number of fused-ring (bicyclic) bond motifs is 1. The van der Waals surface area contributed by atoms with Gasteiger partial charge in [-0.1, -0.05) is 18.2 Å². The van der Waals surface area contributed by atoms with E-state index < -0.39 is 5.97 Å². The Hall–Kier alpha value is -2.95. The maximum Gasteiger partial charge on any atom is 0.339 e. The van der Waals surface area contributed by atoms with E-state index >= 15 is 0 Å². The monoisotopic (exact) mass is 325 g/mol. The Morgan fingerprint density at radius 2 is 1.83 bits per heavy atom. The van der Waals surface area contributed by atoms with Crippen LogP contribution < -0.4 is 9.47 Å². The van der Waals surface area contributed by atoms with Crippen molar-refractivity contribution in [1.29, 1.82) is 0 Å². The third-order valence-electron chi connectivity index (χ3n) is 4.40. The van der Waals surface area contributed by atoms with Crippen LogP contribution in [0, 0.1) is 6.92 Å². The van der Waals surface area contributed by atoms with Gasteiger partial charge in [0.25, 0.3) is 0 Å². The van der Waals surface area contributed by atoms with Gasteiger partial charge in [-0.05, 0) is 30.7 Å². The number of hydrogen-bond donors (Lipinski definition) is 1. The number of aryl methyl sites for hydroxylation is 1. The predicted molar refractivity (Wildman–Crippen MR) is 93.2 cm³/mol. The second-order valence-corrected chi connectivity index (χ2v) is 5.60. The first kappa shape index (κ1) is 15.9. The van der Waals surface area contributed by atoms with Crippen molar-refractivity contribution in [1.82, 2.24) is 4.57 Å². The van der Waals surface area contributed by atoms with E-state index in [0.29, 0.717) is 5.75 Å². The normalized spacial score (nSPS) is 10.8. The first-order valence-electron chi connectivity index (χ1n) is 7.53. The van der Waals surface area contributed by atoms with Crippen LogP contribution in [0.3, 0.4) is 0 Å². The van der Waals surface area contributed by atoms with Crippen molar-refractivity contribution in [3.63, 3.8) is 0 Å². The lowest BCUT2D eigenvalue weighted by molar-refractivity contribution is 0.0692. The molecule has 0 saturated heterocycles. The smallest absolute Gasteiger partial charge is 0.339 e. The minimum atomic E-state index is -1.05. The molecule has 2 aromatic carbocycles. The summed E-state index contributed by atoms with van der Waals surface area (Å²) in [5, 5.41) is 10.6. The van der Waals surface area contributed by atoms with Gasteiger partial charge in [-0.3, -0.25) is 0 Å². The lowest BCUT2D eigenvalue weighted by Gasteiger charge is -2.13. The summed E-state index contributed by atoms with van der Waals surface area (Å²) < 4.78 is 12.7. The number of para-hydroxylation sites is 1. The Kier molecular flexibility index (Phi) is 3.93. The van der Waals surface area contributed by atoms with Crippen LogP contribution in [0.15, 0.2) is 36.4 Å². The zero-order valence-corrected chi connectivity index (χ0v) is 14.1. The van der Waals surface area contributed by atoms with E-state index in [9.17, 15) is 9.90 Å². The molecule has 0 aliphatic rings. The van der Waals surface area contributed by atoms with Crippen molar-refractivity contribution >= 4 is 16.9 Å². The molecule has 0 atom stereocenters. The SMILES string of the molecule is COc1cc(-c2c(C)n(C)c3ccccc23)cc(C(=O)O)c1OC. The molecule has 124 valence electrons. The van der Waals surface area contributed by atoms with E-state index in [1.807, 2.05) is 44.3 Å². The molecule has 5 heteroatoms. The Morgan fingerprint density at radius 3 is 2.46 bits per heavy atom. The summed E-state index contributed by atoms with van der Waals surface area (Å²) in [4.78, 5) is 11.6. The molecule has 1 heterocycles. The fourth-order valence-corrected chi connectivity index (χ4v) is 3.15. The summed E-state index contributed by atoms with van der Waals surface area (Å²) in [7, 11) is 4.94. The number of carboxylic acids is 1. The average Bonchev–Trinajstić information content (AvgIpc) is 2.85. The van der Waals surface area contributed by atoms with Crippen LogP contribution in [0.5, 0.6) is 11.5 Å². The summed E-state index contributed by atoms with van der Waals surface area (Å²) >= 11 is 0. The fraction of sp³-hybridized carbons (Fsp3) is 0.211. The van der Waals surface area contributed by atoms with Crippen LogP contribution in [0.25, 0.3) is 22.0 Å². The van der Waals surface area contributed by atoms with Crippen LogP contribution in [-0.4, -0.2) is 29.9 Å². The molecule has 24 heavy (non-hydrogen) atoms. The molecule has 0 radical (unpaired) electrons. The van der Waals surface area contributed by atoms with Gasteiger partial charge in [0.15, 0.2) is 11.5 Å². The standard InChI is InChI=1S/C19H19NO4/c1-11-17(13-7-5-6-8-15(13)20(11)2)12-9-14(19(21)22)18(24-4)16(10-12)23-3/h5-10H,1-4H3,(H,21,22). The number of carbonyl (C=O) groups is 1. The Balaban J connectivity index is 2.37. The molecule has 1 N–H and O–H groups in total. The lowest BCUT2D eigenvalue weighted by Crippen LogP contribution is -2.03. The van der Waals surface area contributed by atoms with Crippen molar-refractivity contribution in [2.75, 3.05) is 14.2 Å². The number of ether oxygens (including phenoxy) is 2. The summed E-state index contributed by atoms with van der Waals surface area (Å²) in [5.74, 6) is -0.420. The van der Waals surface area contributed by atoms with Gasteiger partial charge in [0.1, 0.15) is 5.56 Å². The van der Waals surface area contributed by atoms with E-state index in [1.54, 1.807) is 6.07 Å². The summed E-state index contributed by atoms with van der Waals surface area (Å²) in [6.45, 7) is 2.02. The highest BCUT2D eigenvalue weighted by atomic mass is 16.5. The van der Waals surface area contributed by atoms with Gasteiger partial charge < -0.3 is 19.1 Å². The number of benzene rings is 2. The molecule has 0 amide bonds. The second-order valence-electron chi connectivity index (χ2n) is 5.60. The van der Waals surface area contributed by atoms with E-state index in [-0.39, 0.29) is 11.3 Å². The summed E-state index contributed by atoms with van der Waals surface area (Å²) in [6.07, 6.45) is 0. The molecule has 5 nitrogen and oxygen atoms in total. The van der Waals surface area contributed by atoms with Crippen LogP contribution >= 0.6 is 0 Å². The van der Waals surface area contributed by atoms with Crippen LogP contribution in [0.4, 0.5) is 0 Å². The molecule has 3 aromatic rings. The Bertz CT molecular complexity index is 940. The largest absolute Gasteiger partial charge is 0.493 e. The van der Waals surface area contributed by atoms with Gasteiger partial charge in [0.2, 0.25) is 0 Å². The molecule has 0 aliphatic heterocycles. The first-order valence-corrected chi connectivity index (χ1v) is 7.53. The molecule has 0 bridgehead atoms. The molecule has 0 fully saturated rings. The highest BCUT2D eigenvalue weighted by Crippen LogP contribution is 2.40. The third kappa shape index (κ3) is 2.29. The van der Waals surface area contributed by atoms with Crippen LogP contribution in [0.2, 0.25) is 0 Å². The predicted octanol–water partition coefficient (Wildman–Crippen LogP) is 3.87. The van der Waals surface area contributed by atoms with Crippen molar-refractivity contribution in [2.45, 2.75) is 6.92 Å². The van der Waals surface area contributed by atoms with E-state index in [1.165, 1.54) is 14.2 Å². The van der Waals surface area contributed by atoms with Gasteiger partial charge in [0.05, 0.1) is 14.2 Å². The lowest BCUT2D eigenvalue weighted by atomic mass is 9.99. The molecule has 0 aliphatic carbocycles. The van der Waals surface area contributed by atoms with Crippen molar-refractivity contribution in [3.05, 3.63) is 47.7 Å². The molecule has 0 spiro atoms. The number of methoxy groups -OCH3 is 2. The number of aromatic carboxylic acids is 1. The number of rotatable bonds is 4. The van der Waals surface area contributed by atoms with Crippen molar-refractivity contribution < 1.29 is 19.4 Å². The Morgan fingerprint density at radius 1 is 1.12 bits per heavy atom. The average molecular weight is 325 g/mol. The van der Waals surface area contributed by atoms with Gasteiger partial charge in [0, 0.05) is 29.2 Å². The highest BCUT2D eigenvalue weighted by molar-refractivity contribution is 6.01. The highest BCUT2D eigenvalue weighted by Gasteiger charge is 2.21. The van der Waals surface area contributed by atoms with Gasteiger partial charge in [-0.2, -0.15) is 0 Å². The Labute approximate surface area is 140 Å². The van der Waals surface area contributed by atoms with E-state index in [0.717, 1.165) is 27.7 Å². The quantitative estimate of drug-likeness (QED) is 0.791. The van der Waals surface area contributed by atoms with E-state index in [4.69, 9.17) is 9.47 Å². The zero-order chi connectivity index (χ0) is 17.4. The van der Waals surface area contributed by atoms with Gasteiger partial charge in [-0.25, -0.2) is 4.79 Å². The molecule has 3 rings (SSSR count). The zero-order valence-electron chi connectivity index (χ0n) is 14.1. The molecular formula is C19H19NO4. The maximum absolute atomic E-state index is 11.6. The molecular weight excluding hydrogens is 306 g/mol. The summed E-state index contributed by atoms with van der Waals surface area (Å²) in [5.41, 5.74) is 4.02. The van der Waals surface area contributed by atoms with Crippen LogP contribution in [0.1, 0.15) is 16.1 Å². The number of carboxylic acid groups (broad SMARTS) is 1. The molecule has 1 aromatic heterocycles. The number of nitrogens with zero attached hydrogens (tertiary/aromatic N) is 1. The minimum Gasteiger partial charge on any atom is -0.493 e. The van der Waals surface area contributed by atoms with Crippen molar-refractivity contribution in [2.24, 2.45) is 7.05 Å². The third-order valence-corrected chi connectivity index (χ3v) is 4.40. The minimum absolute atomic E-state index is 0.0826. The maximum atomic E-state index is 11.6.